The molecule has 0 radical (unpaired) electrons. The van der Waals surface area contributed by atoms with E-state index in [1.54, 1.807) is 36.4 Å². The average Bonchev–Trinajstić information content (AvgIpc) is 2.83. The lowest BCUT2D eigenvalue weighted by Gasteiger charge is -2.28. The summed E-state index contributed by atoms with van der Waals surface area (Å²) in [6.07, 6.45) is 3.55. The summed E-state index contributed by atoms with van der Waals surface area (Å²) in [5, 5.41) is 0. The van der Waals surface area contributed by atoms with E-state index in [0.29, 0.717) is 11.3 Å². The van der Waals surface area contributed by atoms with Gasteiger partial charge in [0, 0.05) is 41.2 Å². The highest BCUT2D eigenvalue weighted by atomic mass is 32.2. The number of fused-ring (bicyclic) bond motifs is 2. The first-order chi connectivity index (χ1) is 15.5. The van der Waals surface area contributed by atoms with Crippen molar-refractivity contribution in [3.63, 3.8) is 0 Å². The minimum absolute atomic E-state index is 0.0753. The standard InChI is InChI=1S/C25H22N2O4S/c28-24-19-7-2-3-8-20(19)25(29)23-21(24)9-6-10-22(23)32(30,31)26-17-11-13-18(14-12-17)27-15-4-1-5-16-27/h2-3,6-14,26H,1,4-5,15-16H2. The van der Waals surface area contributed by atoms with Crippen molar-refractivity contribution in [2.24, 2.45) is 0 Å². The van der Waals surface area contributed by atoms with Crippen molar-refractivity contribution >= 4 is 33.0 Å². The van der Waals surface area contributed by atoms with Crippen molar-refractivity contribution in [1.82, 2.24) is 0 Å². The van der Waals surface area contributed by atoms with Gasteiger partial charge < -0.3 is 4.90 Å². The first-order valence-corrected chi connectivity index (χ1v) is 12.1. The van der Waals surface area contributed by atoms with E-state index in [4.69, 9.17) is 0 Å². The second-order valence-electron chi connectivity index (χ2n) is 8.08. The van der Waals surface area contributed by atoms with E-state index < -0.39 is 15.8 Å². The first-order valence-electron chi connectivity index (χ1n) is 10.6. The smallest absolute Gasteiger partial charge is 0.262 e. The lowest BCUT2D eigenvalue weighted by atomic mass is 9.84. The molecule has 2 aliphatic rings. The van der Waals surface area contributed by atoms with Crippen LogP contribution in [0.15, 0.2) is 71.6 Å². The molecule has 3 aromatic carbocycles. The van der Waals surface area contributed by atoms with Gasteiger partial charge >= 0.3 is 0 Å². The summed E-state index contributed by atoms with van der Waals surface area (Å²) in [6.45, 7) is 2.00. The maximum Gasteiger partial charge on any atom is 0.262 e. The fraction of sp³-hybridized carbons (Fsp3) is 0.200. The predicted molar refractivity (Wildman–Crippen MR) is 123 cm³/mol. The SMILES string of the molecule is O=C1c2ccccc2C(=O)c2c1cccc2S(=O)(=O)Nc1ccc(N2CCCCC2)cc1. The van der Waals surface area contributed by atoms with Crippen LogP contribution in [0.3, 0.4) is 0 Å². The summed E-state index contributed by atoms with van der Waals surface area (Å²) in [4.78, 5) is 28.1. The molecule has 0 aromatic heterocycles. The maximum atomic E-state index is 13.2. The summed E-state index contributed by atoms with van der Waals surface area (Å²) in [6, 6.07) is 18.1. The number of rotatable bonds is 4. The van der Waals surface area contributed by atoms with Gasteiger partial charge in [-0.25, -0.2) is 8.42 Å². The van der Waals surface area contributed by atoms with E-state index in [0.717, 1.165) is 31.6 Å². The van der Waals surface area contributed by atoms with Gasteiger partial charge in [-0.3, -0.25) is 14.3 Å². The van der Waals surface area contributed by atoms with Crippen LogP contribution in [0.4, 0.5) is 11.4 Å². The Bertz CT molecular complexity index is 1320. The van der Waals surface area contributed by atoms with Crippen LogP contribution in [-0.2, 0) is 10.0 Å². The summed E-state index contributed by atoms with van der Waals surface area (Å²) in [5.41, 5.74) is 2.01. The number of piperidine rings is 1. The summed E-state index contributed by atoms with van der Waals surface area (Å²) in [7, 11) is -4.09. The van der Waals surface area contributed by atoms with Crippen LogP contribution in [0.5, 0.6) is 0 Å². The number of ketones is 2. The number of sulfonamides is 1. The molecule has 1 N–H and O–H groups in total. The van der Waals surface area contributed by atoms with E-state index in [1.165, 1.54) is 24.6 Å². The minimum Gasteiger partial charge on any atom is -0.372 e. The molecule has 3 aromatic rings. The Morgan fingerprint density at radius 1 is 0.688 bits per heavy atom. The average molecular weight is 447 g/mol. The molecule has 1 fully saturated rings. The molecule has 0 amide bonds. The molecule has 0 saturated carbocycles. The molecule has 1 saturated heterocycles. The van der Waals surface area contributed by atoms with Crippen molar-refractivity contribution in [3.05, 3.63) is 89.0 Å². The zero-order chi connectivity index (χ0) is 22.3. The molecule has 6 nitrogen and oxygen atoms in total. The van der Waals surface area contributed by atoms with E-state index in [2.05, 4.69) is 9.62 Å². The van der Waals surface area contributed by atoms with Crippen molar-refractivity contribution < 1.29 is 18.0 Å². The fourth-order valence-corrected chi connectivity index (χ4v) is 5.73. The van der Waals surface area contributed by atoms with Gasteiger partial charge in [-0.05, 0) is 49.6 Å². The van der Waals surface area contributed by atoms with Crippen LogP contribution in [0.2, 0.25) is 0 Å². The fourth-order valence-electron chi connectivity index (χ4n) is 4.44. The van der Waals surface area contributed by atoms with Crippen molar-refractivity contribution in [2.75, 3.05) is 22.7 Å². The molecule has 1 aliphatic heterocycles. The Morgan fingerprint density at radius 3 is 2.00 bits per heavy atom. The molecule has 5 rings (SSSR count). The number of hydrogen-bond acceptors (Lipinski definition) is 5. The van der Waals surface area contributed by atoms with E-state index >= 15 is 0 Å². The molecular formula is C25H22N2O4S. The van der Waals surface area contributed by atoms with Crippen LogP contribution >= 0.6 is 0 Å². The third kappa shape index (κ3) is 3.48. The number of nitrogens with zero attached hydrogens (tertiary/aromatic N) is 1. The Balaban J connectivity index is 1.48. The Labute approximate surface area is 186 Å². The van der Waals surface area contributed by atoms with Crippen molar-refractivity contribution in [3.8, 4) is 0 Å². The topological polar surface area (TPSA) is 83.5 Å². The van der Waals surface area contributed by atoms with Gasteiger partial charge in [-0.2, -0.15) is 0 Å². The molecule has 32 heavy (non-hydrogen) atoms. The first kappa shape index (κ1) is 20.5. The highest BCUT2D eigenvalue weighted by Gasteiger charge is 2.34. The van der Waals surface area contributed by atoms with Crippen LogP contribution in [-0.4, -0.2) is 33.1 Å². The van der Waals surface area contributed by atoms with Crippen LogP contribution in [0.25, 0.3) is 0 Å². The zero-order valence-corrected chi connectivity index (χ0v) is 18.2. The number of hydrogen-bond donors (Lipinski definition) is 1. The van der Waals surface area contributed by atoms with Gasteiger partial charge in [0.15, 0.2) is 11.6 Å². The molecule has 7 heteroatoms. The third-order valence-electron chi connectivity index (χ3n) is 6.04. The monoisotopic (exact) mass is 446 g/mol. The van der Waals surface area contributed by atoms with Crippen LogP contribution in [0, 0.1) is 0 Å². The van der Waals surface area contributed by atoms with Crippen LogP contribution < -0.4 is 9.62 Å². The van der Waals surface area contributed by atoms with Crippen molar-refractivity contribution in [2.45, 2.75) is 24.2 Å². The quantitative estimate of drug-likeness (QED) is 0.507. The largest absolute Gasteiger partial charge is 0.372 e. The minimum atomic E-state index is -4.09. The normalized spacial score (nSPS) is 15.8. The Morgan fingerprint density at radius 2 is 1.31 bits per heavy atom. The number of anilines is 2. The molecule has 1 heterocycles. The lowest BCUT2D eigenvalue weighted by Crippen LogP contribution is -2.29. The van der Waals surface area contributed by atoms with Crippen LogP contribution in [0.1, 0.15) is 51.1 Å². The van der Waals surface area contributed by atoms with Gasteiger partial charge in [0.05, 0.1) is 10.5 Å². The number of benzene rings is 3. The number of carbonyl (C=O) groups is 2. The summed E-state index contributed by atoms with van der Waals surface area (Å²) >= 11 is 0. The second kappa shape index (κ2) is 7.91. The third-order valence-corrected chi connectivity index (χ3v) is 7.47. The van der Waals surface area contributed by atoms with Gasteiger partial charge in [0.2, 0.25) is 0 Å². The second-order valence-corrected chi connectivity index (χ2v) is 9.73. The van der Waals surface area contributed by atoms with E-state index in [-0.39, 0.29) is 27.4 Å². The molecular weight excluding hydrogens is 424 g/mol. The molecule has 0 bridgehead atoms. The zero-order valence-electron chi connectivity index (χ0n) is 17.4. The number of carbonyl (C=O) groups excluding carboxylic acids is 2. The van der Waals surface area contributed by atoms with Crippen molar-refractivity contribution in [1.29, 1.82) is 0 Å². The summed E-state index contributed by atoms with van der Waals surface area (Å²) < 4.78 is 29.0. The molecule has 0 unspecified atom stereocenters. The highest BCUT2D eigenvalue weighted by Crippen LogP contribution is 2.32. The van der Waals surface area contributed by atoms with Gasteiger partial charge in [-0.15, -0.1) is 0 Å². The van der Waals surface area contributed by atoms with Gasteiger partial charge in [-0.1, -0.05) is 36.4 Å². The molecule has 0 spiro atoms. The maximum absolute atomic E-state index is 13.2. The molecule has 0 atom stereocenters. The Hall–Kier alpha value is -3.45. The predicted octanol–water partition coefficient (Wildman–Crippen LogP) is 4.25. The lowest BCUT2D eigenvalue weighted by molar-refractivity contribution is 0.0976. The van der Waals surface area contributed by atoms with E-state index in [9.17, 15) is 18.0 Å². The molecule has 162 valence electrons. The van der Waals surface area contributed by atoms with Gasteiger partial charge in [0.1, 0.15) is 0 Å². The summed E-state index contributed by atoms with van der Waals surface area (Å²) in [5.74, 6) is -0.810. The van der Waals surface area contributed by atoms with E-state index in [1.807, 2.05) is 12.1 Å². The molecule has 1 aliphatic carbocycles. The number of nitrogens with one attached hydrogen (secondary N) is 1. The Kier molecular flexibility index (Phi) is 5.06. The van der Waals surface area contributed by atoms with Gasteiger partial charge in [0.25, 0.3) is 10.0 Å². The highest BCUT2D eigenvalue weighted by molar-refractivity contribution is 7.92.